The summed E-state index contributed by atoms with van der Waals surface area (Å²) in [7, 11) is 1.35. The Hall–Kier alpha value is -3.75. The van der Waals surface area contributed by atoms with Gasteiger partial charge in [0.1, 0.15) is 0 Å². The van der Waals surface area contributed by atoms with E-state index >= 15 is 0 Å². The van der Waals surface area contributed by atoms with Gasteiger partial charge in [-0.3, -0.25) is 20.2 Å². The van der Waals surface area contributed by atoms with Crippen LogP contribution >= 0.6 is 0 Å². The number of carbonyl (C=O) groups excluding carboxylic acids is 1. The molecule has 0 aliphatic heterocycles. The number of aryl methyl sites for hydroxylation is 1. The number of rotatable bonds is 6. The summed E-state index contributed by atoms with van der Waals surface area (Å²) in [5.74, 6) is -0.524. The van der Waals surface area contributed by atoms with Crippen molar-refractivity contribution in [3.05, 3.63) is 79.5 Å². The second-order valence-corrected chi connectivity index (χ2v) is 5.16. The van der Waals surface area contributed by atoms with Crippen molar-refractivity contribution in [1.82, 2.24) is 0 Å². The molecule has 0 amide bonds. The Labute approximate surface area is 147 Å². The Kier molecular flexibility index (Phi) is 5.63. The van der Waals surface area contributed by atoms with Crippen LogP contribution < -0.4 is 9.47 Å². The molecule has 2 aromatic rings. The van der Waals surface area contributed by atoms with E-state index in [9.17, 15) is 25.0 Å². The fraction of sp³-hybridized carbons (Fsp3) is 0.118. The molecule has 0 saturated heterocycles. The predicted molar refractivity (Wildman–Crippen MR) is 91.8 cm³/mol. The molecule has 9 heteroatoms. The zero-order chi connectivity index (χ0) is 19.3. The average Bonchev–Trinajstić information content (AvgIpc) is 2.60. The first-order valence-electron chi connectivity index (χ1n) is 7.28. The minimum atomic E-state index is -0.792. The van der Waals surface area contributed by atoms with Gasteiger partial charge in [0.25, 0.3) is 5.69 Å². The lowest BCUT2D eigenvalue weighted by atomic mass is 10.1. The first-order valence-corrected chi connectivity index (χ1v) is 7.28. The van der Waals surface area contributed by atoms with Crippen LogP contribution in [0.1, 0.15) is 21.5 Å². The highest BCUT2D eigenvalue weighted by Crippen LogP contribution is 2.30. The van der Waals surface area contributed by atoms with Crippen molar-refractivity contribution < 1.29 is 24.1 Å². The Morgan fingerprint density at radius 3 is 2.42 bits per heavy atom. The molecule has 0 saturated carbocycles. The highest BCUT2D eigenvalue weighted by molar-refractivity contribution is 5.92. The van der Waals surface area contributed by atoms with E-state index in [1.807, 2.05) is 0 Å². The molecule has 0 aliphatic rings. The predicted octanol–water partition coefficient (Wildman–Crippen LogP) is 3.38. The molecular weight excluding hydrogens is 344 g/mol. The second-order valence-electron chi connectivity index (χ2n) is 5.16. The van der Waals surface area contributed by atoms with Crippen molar-refractivity contribution in [1.29, 1.82) is 0 Å². The van der Waals surface area contributed by atoms with E-state index in [1.54, 1.807) is 6.92 Å². The lowest BCUT2D eigenvalue weighted by Gasteiger charge is -2.10. The fourth-order valence-electron chi connectivity index (χ4n) is 2.11. The van der Waals surface area contributed by atoms with Gasteiger partial charge in [-0.15, -0.1) is 0 Å². The highest BCUT2D eigenvalue weighted by atomic mass is 16.6. The molecule has 0 heterocycles. The summed E-state index contributed by atoms with van der Waals surface area (Å²) in [5.41, 5.74) is 0.726. The number of hydrogen-bond donors (Lipinski definition) is 0. The zero-order valence-electron chi connectivity index (χ0n) is 13.9. The van der Waals surface area contributed by atoms with Crippen LogP contribution in [-0.4, -0.2) is 22.9 Å². The maximum absolute atomic E-state index is 12.3. The Bertz CT molecular complexity index is 906. The summed E-state index contributed by atoms with van der Waals surface area (Å²) in [6, 6.07) is 8.39. The van der Waals surface area contributed by atoms with Gasteiger partial charge in [0.15, 0.2) is 11.5 Å². The first-order chi connectivity index (χ1) is 12.3. The molecule has 0 aromatic heterocycles. The number of nitro groups is 2. The molecule has 0 unspecified atom stereocenters. The number of nitro benzene ring substituents is 1. The number of benzene rings is 2. The van der Waals surface area contributed by atoms with Crippen LogP contribution in [-0.2, 0) is 0 Å². The molecule has 0 radical (unpaired) electrons. The third-order valence-corrected chi connectivity index (χ3v) is 3.42. The van der Waals surface area contributed by atoms with Gasteiger partial charge in [0, 0.05) is 17.7 Å². The maximum Gasteiger partial charge on any atom is 0.343 e. The van der Waals surface area contributed by atoms with E-state index in [1.165, 1.54) is 43.5 Å². The van der Waals surface area contributed by atoms with Gasteiger partial charge in [-0.2, -0.15) is 0 Å². The van der Waals surface area contributed by atoms with Crippen LogP contribution in [0.4, 0.5) is 5.69 Å². The summed E-state index contributed by atoms with van der Waals surface area (Å²) < 4.78 is 10.4. The van der Waals surface area contributed by atoms with Crippen LogP contribution in [0.2, 0.25) is 0 Å². The van der Waals surface area contributed by atoms with Crippen LogP contribution in [0.15, 0.2) is 42.6 Å². The summed E-state index contributed by atoms with van der Waals surface area (Å²) in [6.45, 7) is 1.56. The molecule has 134 valence electrons. The third-order valence-electron chi connectivity index (χ3n) is 3.42. The lowest BCUT2D eigenvalue weighted by molar-refractivity contribution is -0.400. The number of esters is 1. The van der Waals surface area contributed by atoms with E-state index in [0.717, 1.165) is 12.3 Å². The molecule has 0 spiro atoms. The molecule has 0 atom stereocenters. The van der Waals surface area contributed by atoms with Crippen molar-refractivity contribution in [3.63, 3.8) is 0 Å². The minimum Gasteiger partial charge on any atom is -0.493 e. The molecule has 2 rings (SSSR count). The molecule has 26 heavy (non-hydrogen) atoms. The van der Waals surface area contributed by atoms with Crippen molar-refractivity contribution in [3.8, 4) is 11.5 Å². The fourth-order valence-corrected chi connectivity index (χ4v) is 2.11. The molecule has 0 bridgehead atoms. The number of carbonyl (C=O) groups is 1. The SMILES string of the molecule is COc1cc(/C=C/[N+](=O)[O-])ccc1OC(=O)c1ccc(C)c([N+](=O)[O-])c1. The molecule has 2 aromatic carbocycles. The van der Waals surface area contributed by atoms with Crippen molar-refractivity contribution in [2.45, 2.75) is 6.92 Å². The Morgan fingerprint density at radius 2 is 1.81 bits per heavy atom. The molecular formula is C17H14N2O7. The zero-order valence-corrected chi connectivity index (χ0v) is 13.9. The van der Waals surface area contributed by atoms with Crippen LogP contribution in [0.5, 0.6) is 11.5 Å². The lowest BCUT2D eigenvalue weighted by Crippen LogP contribution is -2.10. The average molecular weight is 358 g/mol. The molecule has 0 N–H and O–H groups in total. The largest absolute Gasteiger partial charge is 0.493 e. The van der Waals surface area contributed by atoms with Crippen LogP contribution in [0, 0.1) is 27.2 Å². The standard InChI is InChI=1S/C17H14N2O7/c1-11-3-5-13(10-14(11)19(23)24)17(20)26-15-6-4-12(7-8-18(21)22)9-16(15)25-2/h3-10H,1-2H3/b8-7+. The van der Waals surface area contributed by atoms with Crippen molar-refractivity contribution in [2.24, 2.45) is 0 Å². The van der Waals surface area contributed by atoms with Gasteiger partial charge >= 0.3 is 5.97 Å². The van der Waals surface area contributed by atoms with Crippen molar-refractivity contribution in [2.75, 3.05) is 7.11 Å². The summed E-state index contributed by atoms with van der Waals surface area (Å²) in [6.07, 6.45) is 2.03. The first kappa shape index (κ1) is 18.6. The highest BCUT2D eigenvalue weighted by Gasteiger charge is 2.18. The smallest absolute Gasteiger partial charge is 0.343 e. The van der Waals surface area contributed by atoms with Gasteiger partial charge in [-0.25, -0.2) is 4.79 Å². The summed E-state index contributed by atoms with van der Waals surface area (Å²) in [5, 5.41) is 21.3. The normalized spacial score (nSPS) is 10.5. The second kappa shape index (κ2) is 7.88. The van der Waals surface area contributed by atoms with Crippen LogP contribution in [0.3, 0.4) is 0 Å². The summed E-state index contributed by atoms with van der Waals surface area (Å²) >= 11 is 0. The number of nitrogens with zero attached hydrogens (tertiary/aromatic N) is 2. The van der Waals surface area contributed by atoms with E-state index in [0.29, 0.717) is 11.1 Å². The third kappa shape index (κ3) is 4.41. The minimum absolute atomic E-state index is 0.0154. The van der Waals surface area contributed by atoms with Crippen molar-refractivity contribution >= 4 is 17.7 Å². The number of ether oxygens (including phenoxy) is 2. The maximum atomic E-state index is 12.3. The quantitative estimate of drug-likeness (QED) is 0.336. The molecule has 0 fully saturated rings. The molecule has 0 aliphatic carbocycles. The van der Waals surface area contributed by atoms with E-state index < -0.39 is 15.8 Å². The molecule has 9 nitrogen and oxygen atoms in total. The monoisotopic (exact) mass is 358 g/mol. The van der Waals surface area contributed by atoms with Gasteiger partial charge in [0.2, 0.25) is 6.20 Å². The van der Waals surface area contributed by atoms with E-state index in [4.69, 9.17) is 9.47 Å². The van der Waals surface area contributed by atoms with Crippen LogP contribution in [0.25, 0.3) is 6.08 Å². The van der Waals surface area contributed by atoms with Gasteiger partial charge in [-0.05, 0) is 30.7 Å². The topological polar surface area (TPSA) is 122 Å². The van der Waals surface area contributed by atoms with Gasteiger partial charge < -0.3 is 9.47 Å². The summed E-state index contributed by atoms with van der Waals surface area (Å²) in [4.78, 5) is 32.4. The van der Waals surface area contributed by atoms with E-state index in [-0.39, 0.29) is 22.7 Å². The van der Waals surface area contributed by atoms with E-state index in [2.05, 4.69) is 0 Å². The number of hydrogen-bond acceptors (Lipinski definition) is 7. The Balaban J connectivity index is 2.27. The number of methoxy groups -OCH3 is 1. The Morgan fingerprint density at radius 1 is 1.08 bits per heavy atom. The van der Waals surface area contributed by atoms with Gasteiger partial charge in [0.05, 0.1) is 22.5 Å². The van der Waals surface area contributed by atoms with Gasteiger partial charge in [-0.1, -0.05) is 12.1 Å².